The molecule has 0 fully saturated rings. The van der Waals surface area contributed by atoms with Crippen LogP contribution in [0.3, 0.4) is 0 Å². The van der Waals surface area contributed by atoms with E-state index in [1.807, 2.05) is 26.0 Å². The van der Waals surface area contributed by atoms with Gasteiger partial charge >= 0.3 is 0 Å². The highest BCUT2D eigenvalue weighted by Gasteiger charge is 2.11. The van der Waals surface area contributed by atoms with E-state index in [9.17, 15) is 9.18 Å². The lowest BCUT2D eigenvalue weighted by molar-refractivity contribution is 0.0954. The van der Waals surface area contributed by atoms with E-state index in [-0.39, 0.29) is 12.4 Å². The van der Waals surface area contributed by atoms with Gasteiger partial charge in [0.25, 0.3) is 5.91 Å². The molecule has 0 aromatic heterocycles. The molecule has 0 saturated carbocycles. The average molecular weight is 529 g/mol. The molecule has 0 radical (unpaired) electrons. The SMILES string of the molecule is CCCOc1ccc(C(=O)N/N=C/c2cc(Br)ccc2OCc2cccc(F)c2)cc1OCC. The van der Waals surface area contributed by atoms with Crippen LogP contribution in [0.1, 0.15) is 41.8 Å². The summed E-state index contributed by atoms with van der Waals surface area (Å²) in [5, 5.41) is 4.08. The van der Waals surface area contributed by atoms with Gasteiger partial charge in [-0.25, -0.2) is 9.82 Å². The van der Waals surface area contributed by atoms with Crippen molar-refractivity contribution < 1.29 is 23.4 Å². The normalized spacial score (nSPS) is 10.8. The van der Waals surface area contributed by atoms with Gasteiger partial charge in [0.05, 0.1) is 19.4 Å². The van der Waals surface area contributed by atoms with Crippen molar-refractivity contribution in [1.82, 2.24) is 5.43 Å². The van der Waals surface area contributed by atoms with E-state index >= 15 is 0 Å². The standard InChI is InChI=1S/C26H26BrFN2O4/c1-3-12-33-24-10-8-19(15-25(24)32-4-2)26(31)30-29-16-20-14-21(27)9-11-23(20)34-17-18-6-5-7-22(28)13-18/h5-11,13-16H,3-4,12,17H2,1-2H3,(H,30,31)/b29-16+. The van der Waals surface area contributed by atoms with Gasteiger partial charge in [-0.2, -0.15) is 5.10 Å². The third-order valence-electron chi connectivity index (χ3n) is 4.59. The molecule has 3 aromatic rings. The van der Waals surface area contributed by atoms with Crippen molar-refractivity contribution in [1.29, 1.82) is 0 Å². The molecular formula is C26H26BrFN2O4. The zero-order valence-corrected chi connectivity index (χ0v) is 20.6. The predicted molar refractivity (Wildman–Crippen MR) is 133 cm³/mol. The van der Waals surface area contributed by atoms with Crippen LogP contribution in [0.4, 0.5) is 4.39 Å². The summed E-state index contributed by atoms with van der Waals surface area (Å²) in [6.07, 6.45) is 2.36. The van der Waals surface area contributed by atoms with Gasteiger partial charge in [0.1, 0.15) is 18.2 Å². The van der Waals surface area contributed by atoms with Gasteiger partial charge in [-0.3, -0.25) is 4.79 Å². The van der Waals surface area contributed by atoms with E-state index in [0.717, 1.165) is 10.9 Å². The summed E-state index contributed by atoms with van der Waals surface area (Å²) in [4.78, 5) is 12.6. The molecule has 0 bridgehead atoms. The number of ether oxygens (including phenoxy) is 3. The first-order chi connectivity index (χ1) is 16.5. The molecule has 0 heterocycles. The summed E-state index contributed by atoms with van der Waals surface area (Å²) in [5.74, 6) is 0.933. The van der Waals surface area contributed by atoms with Crippen LogP contribution in [0.2, 0.25) is 0 Å². The second-order valence-corrected chi connectivity index (χ2v) is 8.16. The minimum absolute atomic E-state index is 0.194. The number of hydrazone groups is 1. The van der Waals surface area contributed by atoms with Gasteiger partial charge in [0, 0.05) is 15.6 Å². The van der Waals surface area contributed by atoms with Crippen molar-refractivity contribution in [2.45, 2.75) is 26.9 Å². The monoisotopic (exact) mass is 528 g/mol. The Bertz CT molecular complexity index is 1150. The van der Waals surface area contributed by atoms with Gasteiger partial charge in [-0.15, -0.1) is 0 Å². The molecule has 0 unspecified atom stereocenters. The van der Waals surface area contributed by atoms with E-state index in [0.29, 0.717) is 47.2 Å². The van der Waals surface area contributed by atoms with Crippen LogP contribution in [-0.4, -0.2) is 25.3 Å². The number of carbonyl (C=O) groups excluding carboxylic acids is 1. The summed E-state index contributed by atoms with van der Waals surface area (Å²) < 4.78 is 31.4. The van der Waals surface area contributed by atoms with Crippen molar-refractivity contribution in [3.05, 3.63) is 87.6 Å². The lowest BCUT2D eigenvalue weighted by atomic mass is 10.2. The van der Waals surface area contributed by atoms with Gasteiger partial charge in [0.15, 0.2) is 11.5 Å². The number of nitrogens with zero attached hydrogens (tertiary/aromatic N) is 1. The number of hydrogen-bond acceptors (Lipinski definition) is 5. The maximum absolute atomic E-state index is 13.4. The molecule has 0 aliphatic heterocycles. The zero-order chi connectivity index (χ0) is 24.3. The number of benzene rings is 3. The highest BCUT2D eigenvalue weighted by Crippen LogP contribution is 2.29. The number of carbonyl (C=O) groups is 1. The zero-order valence-electron chi connectivity index (χ0n) is 19.0. The van der Waals surface area contributed by atoms with Crippen molar-refractivity contribution in [3.8, 4) is 17.2 Å². The first-order valence-electron chi connectivity index (χ1n) is 10.9. The minimum atomic E-state index is -0.392. The molecule has 3 rings (SSSR count). The molecule has 1 amide bonds. The second kappa shape index (κ2) is 12.7. The van der Waals surface area contributed by atoms with Gasteiger partial charge < -0.3 is 14.2 Å². The van der Waals surface area contributed by atoms with Crippen LogP contribution in [0, 0.1) is 5.82 Å². The van der Waals surface area contributed by atoms with E-state index in [1.54, 1.807) is 36.4 Å². The Morgan fingerprint density at radius 3 is 2.59 bits per heavy atom. The average Bonchev–Trinajstić information content (AvgIpc) is 2.83. The Kier molecular flexibility index (Phi) is 9.46. The summed E-state index contributed by atoms with van der Waals surface area (Å²) in [6, 6.07) is 16.6. The summed E-state index contributed by atoms with van der Waals surface area (Å²) in [6.45, 7) is 5.09. The highest BCUT2D eigenvalue weighted by molar-refractivity contribution is 9.10. The van der Waals surface area contributed by atoms with Crippen LogP contribution in [0.25, 0.3) is 0 Å². The Labute approximate surface area is 206 Å². The topological polar surface area (TPSA) is 69.2 Å². The quantitative estimate of drug-likeness (QED) is 0.240. The summed E-state index contributed by atoms with van der Waals surface area (Å²) in [5.41, 5.74) is 4.26. The largest absolute Gasteiger partial charge is 0.490 e. The lowest BCUT2D eigenvalue weighted by Crippen LogP contribution is -2.18. The first-order valence-corrected chi connectivity index (χ1v) is 11.7. The molecule has 6 nitrogen and oxygen atoms in total. The van der Waals surface area contributed by atoms with E-state index in [2.05, 4.69) is 26.5 Å². The van der Waals surface area contributed by atoms with Crippen LogP contribution in [0.5, 0.6) is 17.2 Å². The van der Waals surface area contributed by atoms with E-state index < -0.39 is 5.91 Å². The van der Waals surface area contributed by atoms with Crippen LogP contribution < -0.4 is 19.6 Å². The molecule has 8 heteroatoms. The van der Waals surface area contributed by atoms with Gasteiger partial charge in [-0.1, -0.05) is 35.0 Å². The number of amides is 1. The molecule has 1 N–H and O–H groups in total. The molecular weight excluding hydrogens is 503 g/mol. The van der Waals surface area contributed by atoms with Crippen LogP contribution in [-0.2, 0) is 6.61 Å². The minimum Gasteiger partial charge on any atom is -0.490 e. The predicted octanol–water partition coefficient (Wildman–Crippen LogP) is 6.12. The number of halogens is 2. The van der Waals surface area contributed by atoms with Crippen molar-refractivity contribution in [2.75, 3.05) is 13.2 Å². The van der Waals surface area contributed by atoms with Gasteiger partial charge in [-0.05, 0) is 67.4 Å². The van der Waals surface area contributed by atoms with Crippen molar-refractivity contribution in [2.24, 2.45) is 5.10 Å². The Balaban J connectivity index is 1.69. The number of rotatable bonds is 11. The number of hydrogen-bond donors (Lipinski definition) is 1. The second-order valence-electron chi connectivity index (χ2n) is 7.24. The molecule has 34 heavy (non-hydrogen) atoms. The molecule has 3 aromatic carbocycles. The molecule has 0 atom stereocenters. The van der Waals surface area contributed by atoms with Crippen molar-refractivity contribution in [3.63, 3.8) is 0 Å². The van der Waals surface area contributed by atoms with E-state index in [4.69, 9.17) is 14.2 Å². The van der Waals surface area contributed by atoms with Crippen LogP contribution >= 0.6 is 15.9 Å². The van der Waals surface area contributed by atoms with Gasteiger partial charge in [0.2, 0.25) is 0 Å². The smallest absolute Gasteiger partial charge is 0.271 e. The Morgan fingerprint density at radius 1 is 1.00 bits per heavy atom. The molecule has 0 aliphatic rings. The van der Waals surface area contributed by atoms with Crippen molar-refractivity contribution >= 4 is 28.1 Å². The maximum Gasteiger partial charge on any atom is 0.271 e. The van der Waals surface area contributed by atoms with E-state index in [1.165, 1.54) is 18.3 Å². The highest BCUT2D eigenvalue weighted by atomic mass is 79.9. The maximum atomic E-state index is 13.4. The fourth-order valence-corrected chi connectivity index (χ4v) is 3.39. The lowest BCUT2D eigenvalue weighted by Gasteiger charge is -2.12. The Hall–Kier alpha value is -3.39. The summed E-state index contributed by atoms with van der Waals surface area (Å²) >= 11 is 3.43. The Morgan fingerprint density at radius 2 is 1.82 bits per heavy atom. The third-order valence-corrected chi connectivity index (χ3v) is 5.09. The van der Waals surface area contributed by atoms with Crippen LogP contribution in [0.15, 0.2) is 70.2 Å². The molecule has 0 aliphatic carbocycles. The summed E-state index contributed by atoms with van der Waals surface area (Å²) in [7, 11) is 0. The molecule has 0 spiro atoms. The molecule has 0 saturated heterocycles. The third kappa shape index (κ3) is 7.31. The fraction of sp³-hybridized carbons (Fsp3) is 0.231. The fourth-order valence-electron chi connectivity index (χ4n) is 3.01. The number of nitrogens with one attached hydrogen (secondary N) is 1. The molecule has 178 valence electrons. The first kappa shape index (κ1) is 25.2.